The third-order valence-corrected chi connectivity index (χ3v) is 2.56. The first-order chi connectivity index (χ1) is 8.15. The summed E-state index contributed by atoms with van der Waals surface area (Å²) in [5.41, 5.74) is 4.93. The summed E-state index contributed by atoms with van der Waals surface area (Å²) >= 11 is 3.37. The van der Waals surface area contributed by atoms with Crippen LogP contribution >= 0.6 is 15.9 Å². The summed E-state index contributed by atoms with van der Waals surface area (Å²) in [4.78, 5) is 18.5. The van der Waals surface area contributed by atoms with Crippen LogP contribution in [0.1, 0.15) is 0 Å². The summed E-state index contributed by atoms with van der Waals surface area (Å²) in [6, 6.07) is 0. The van der Waals surface area contributed by atoms with Gasteiger partial charge in [-0.1, -0.05) is 0 Å². The van der Waals surface area contributed by atoms with Crippen molar-refractivity contribution in [2.24, 2.45) is 5.73 Å². The molecule has 94 valence electrons. The molecule has 0 aliphatic heterocycles. The third kappa shape index (κ3) is 4.53. The molecule has 1 aromatic heterocycles. The van der Waals surface area contributed by atoms with Crippen LogP contribution in [0.25, 0.3) is 0 Å². The Labute approximate surface area is 107 Å². The highest BCUT2D eigenvalue weighted by Gasteiger charge is 2.06. The minimum absolute atomic E-state index is 0.0750. The van der Waals surface area contributed by atoms with Crippen LogP contribution in [0.3, 0.4) is 0 Å². The van der Waals surface area contributed by atoms with Crippen LogP contribution in [0.4, 0.5) is 11.6 Å². The average molecular weight is 304 g/mol. The number of nitrogens with zero attached hydrogens (tertiary/aromatic N) is 2. The van der Waals surface area contributed by atoms with Gasteiger partial charge < -0.3 is 21.1 Å². The zero-order chi connectivity index (χ0) is 12.7. The maximum absolute atomic E-state index is 10.4. The van der Waals surface area contributed by atoms with Gasteiger partial charge in [0.05, 0.1) is 6.61 Å². The second-order valence-corrected chi connectivity index (χ2v) is 3.87. The highest BCUT2D eigenvalue weighted by Crippen LogP contribution is 2.25. The van der Waals surface area contributed by atoms with Crippen molar-refractivity contribution in [2.75, 3.05) is 37.4 Å². The molecule has 7 nitrogen and oxygen atoms in total. The SMILES string of the molecule is CNc1ncnc(NCCOCC(N)=O)c1Br. The van der Waals surface area contributed by atoms with Gasteiger partial charge in [-0.25, -0.2) is 9.97 Å². The highest BCUT2D eigenvalue weighted by atomic mass is 79.9. The summed E-state index contributed by atoms with van der Waals surface area (Å²) in [7, 11) is 1.77. The molecule has 8 heteroatoms. The average Bonchev–Trinajstić information content (AvgIpc) is 2.30. The molecule has 0 aliphatic carbocycles. The topological polar surface area (TPSA) is 102 Å². The smallest absolute Gasteiger partial charge is 0.243 e. The number of rotatable bonds is 7. The molecule has 0 aliphatic rings. The van der Waals surface area contributed by atoms with Crippen molar-refractivity contribution >= 4 is 33.5 Å². The monoisotopic (exact) mass is 303 g/mol. The molecule has 1 heterocycles. The number of nitrogens with two attached hydrogens (primary N) is 1. The van der Waals surface area contributed by atoms with Crippen molar-refractivity contribution in [3.05, 3.63) is 10.8 Å². The van der Waals surface area contributed by atoms with Gasteiger partial charge in [0, 0.05) is 13.6 Å². The minimum Gasteiger partial charge on any atom is -0.372 e. The largest absolute Gasteiger partial charge is 0.372 e. The molecule has 1 aromatic rings. The molecule has 4 N–H and O–H groups in total. The molecule has 1 amide bonds. The van der Waals surface area contributed by atoms with Gasteiger partial charge in [0.2, 0.25) is 5.91 Å². The molecule has 0 saturated carbocycles. The van der Waals surface area contributed by atoms with Crippen LogP contribution in [0.2, 0.25) is 0 Å². The van der Waals surface area contributed by atoms with E-state index >= 15 is 0 Å². The van der Waals surface area contributed by atoms with E-state index in [0.717, 1.165) is 4.47 Å². The Kier molecular flexibility index (Phi) is 5.64. The van der Waals surface area contributed by atoms with Crippen LogP contribution in [-0.4, -0.2) is 42.7 Å². The van der Waals surface area contributed by atoms with E-state index in [9.17, 15) is 4.79 Å². The predicted octanol–water partition coefficient (Wildman–Crippen LogP) is 0.195. The first-order valence-electron chi connectivity index (χ1n) is 4.93. The number of nitrogens with one attached hydrogen (secondary N) is 2. The van der Waals surface area contributed by atoms with Gasteiger partial charge in [-0.2, -0.15) is 0 Å². The van der Waals surface area contributed by atoms with Gasteiger partial charge in [0.1, 0.15) is 29.0 Å². The maximum Gasteiger partial charge on any atom is 0.243 e. The summed E-state index contributed by atoms with van der Waals surface area (Å²) in [5, 5.41) is 5.97. The lowest BCUT2D eigenvalue weighted by molar-refractivity contribution is -0.122. The number of hydrogen-bond acceptors (Lipinski definition) is 6. The molecule has 0 spiro atoms. The molecular formula is C9H14BrN5O2. The number of aromatic nitrogens is 2. The molecule has 0 fully saturated rings. The Balaban J connectivity index is 2.39. The normalized spacial score (nSPS) is 10.0. The second kappa shape index (κ2) is 7.02. The van der Waals surface area contributed by atoms with Gasteiger partial charge in [-0.05, 0) is 15.9 Å². The van der Waals surface area contributed by atoms with Crippen molar-refractivity contribution < 1.29 is 9.53 Å². The van der Waals surface area contributed by atoms with E-state index in [-0.39, 0.29) is 6.61 Å². The van der Waals surface area contributed by atoms with E-state index in [1.165, 1.54) is 6.33 Å². The number of primary amides is 1. The van der Waals surface area contributed by atoms with Crippen molar-refractivity contribution in [3.63, 3.8) is 0 Å². The fourth-order valence-corrected chi connectivity index (χ4v) is 1.62. The number of carbonyl (C=O) groups is 1. The number of hydrogen-bond donors (Lipinski definition) is 3. The quantitative estimate of drug-likeness (QED) is 0.622. The lowest BCUT2D eigenvalue weighted by Crippen LogP contribution is -2.20. The second-order valence-electron chi connectivity index (χ2n) is 3.08. The van der Waals surface area contributed by atoms with Crippen molar-refractivity contribution in [2.45, 2.75) is 0 Å². The number of halogens is 1. The Morgan fingerprint density at radius 2 is 2.24 bits per heavy atom. The van der Waals surface area contributed by atoms with E-state index in [1.54, 1.807) is 7.05 Å². The third-order valence-electron chi connectivity index (χ3n) is 1.81. The lowest BCUT2D eigenvalue weighted by Gasteiger charge is -2.09. The number of anilines is 2. The van der Waals surface area contributed by atoms with Gasteiger partial charge in [0.25, 0.3) is 0 Å². The van der Waals surface area contributed by atoms with Gasteiger partial charge in [0.15, 0.2) is 0 Å². The fourth-order valence-electron chi connectivity index (χ4n) is 1.08. The number of carbonyl (C=O) groups excluding carboxylic acids is 1. The molecule has 0 radical (unpaired) electrons. The lowest BCUT2D eigenvalue weighted by atomic mass is 10.5. The Hall–Kier alpha value is -1.41. The van der Waals surface area contributed by atoms with E-state index in [2.05, 4.69) is 36.5 Å². The zero-order valence-electron chi connectivity index (χ0n) is 9.36. The molecule has 0 atom stereocenters. The standard InChI is InChI=1S/C9H14BrN5O2/c1-12-8-7(10)9(15-5-14-8)13-2-3-17-4-6(11)16/h5H,2-4H2,1H3,(H2,11,16)(H2,12,13,14,15). The van der Waals surface area contributed by atoms with E-state index in [0.29, 0.717) is 24.8 Å². The van der Waals surface area contributed by atoms with Gasteiger partial charge in [-0.3, -0.25) is 4.79 Å². The van der Waals surface area contributed by atoms with Crippen LogP contribution in [0, 0.1) is 0 Å². The molecule has 0 aromatic carbocycles. The van der Waals surface area contributed by atoms with Crippen molar-refractivity contribution in [1.29, 1.82) is 0 Å². The molecule has 0 saturated heterocycles. The fraction of sp³-hybridized carbons (Fsp3) is 0.444. The molecule has 0 bridgehead atoms. The predicted molar refractivity (Wildman–Crippen MR) is 67.8 cm³/mol. The Morgan fingerprint density at radius 1 is 1.53 bits per heavy atom. The summed E-state index contributed by atoms with van der Waals surface area (Å²) in [6.07, 6.45) is 1.45. The number of amides is 1. The molecular weight excluding hydrogens is 290 g/mol. The van der Waals surface area contributed by atoms with Crippen molar-refractivity contribution in [1.82, 2.24) is 9.97 Å². The summed E-state index contributed by atoms with van der Waals surface area (Å²) in [6.45, 7) is 0.814. The first-order valence-corrected chi connectivity index (χ1v) is 5.72. The highest BCUT2D eigenvalue weighted by molar-refractivity contribution is 9.10. The Morgan fingerprint density at radius 3 is 2.88 bits per heavy atom. The van der Waals surface area contributed by atoms with Crippen LogP contribution in [0.5, 0.6) is 0 Å². The van der Waals surface area contributed by atoms with Crippen LogP contribution < -0.4 is 16.4 Å². The molecule has 17 heavy (non-hydrogen) atoms. The molecule has 0 unspecified atom stereocenters. The van der Waals surface area contributed by atoms with Crippen LogP contribution in [0.15, 0.2) is 10.8 Å². The van der Waals surface area contributed by atoms with E-state index in [1.807, 2.05) is 0 Å². The van der Waals surface area contributed by atoms with Crippen molar-refractivity contribution in [3.8, 4) is 0 Å². The van der Waals surface area contributed by atoms with E-state index in [4.69, 9.17) is 10.5 Å². The van der Waals surface area contributed by atoms with Gasteiger partial charge >= 0.3 is 0 Å². The maximum atomic E-state index is 10.4. The molecule has 1 rings (SSSR count). The first kappa shape index (κ1) is 13.7. The number of ether oxygens (including phenoxy) is 1. The summed E-state index contributed by atoms with van der Waals surface area (Å²) in [5.74, 6) is 0.873. The van der Waals surface area contributed by atoms with Crippen LogP contribution in [-0.2, 0) is 9.53 Å². The Bertz CT molecular complexity index is 388. The minimum atomic E-state index is -0.481. The summed E-state index contributed by atoms with van der Waals surface area (Å²) < 4.78 is 5.75. The van der Waals surface area contributed by atoms with Gasteiger partial charge in [-0.15, -0.1) is 0 Å². The van der Waals surface area contributed by atoms with E-state index < -0.39 is 5.91 Å². The zero-order valence-corrected chi connectivity index (χ0v) is 11.0.